The smallest absolute Gasteiger partial charge is 0.323 e. The van der Waals surface area contributed by atoms with E-state index in [1.807, 2.05) is 0 Å². The summed E-state index contributed by atoms with van der Waals surface area (Å²) in [5.74, 6) is -1.24. The first-order valence-corrected chi connectivity index (χ1v) is 5.75. The molecule has 0 radical (unpaired) electrons. The Morgan fingerprint density at radius 2 is 2.33 bits per heavy atom. The highest BCUT2D eigenvalue weighted by atomic mass is 16.4. The molecule has 1 aromatic rings. The zero-order valence-electron chi connectivity index (χ0n) is 10.1. The molecule has 0 spiro atoms. The lowest BCUT2D eigenvalue weighted by Crippen LogP contribution is -2.36. The van der Waals surface area contributed by atoms with Gasteiger partial charge in [0.25, 0.3) is 0 Å². The van der Waals surface area contributed by atoms with Crippen LogP contribution < -0.4 is 0 Å². The third-order valence-corrected chi connectivity index (χ3v) is 2.72. The van der Waals surface area contributed by atoms with E-state index in [2.05, 4.69) is 5.10 Å². The summed E-state index contributed by atoms with van der Waals surface area (Å²) in [6.45, 7) is -0.235. The van der Waals surface area contributed by atoms with E-state index in [1.165, 1.54) is 11.0 Å². The summed E-state index contributed by atoms with van der Waals surface area (Å²) in [5.41, 5.74) is 0.817. The number of carbonyl (C=O) groups is 2. The van der Waals surface area contributed by atoms with Crippen molar-refractivity contribution in [1.29, 1.82) is 0 Å². The van der Waals surface area contributed by atoms with E-state index in [1.54, 1.807) is 30.2 Å². The molecule has 1 saturated carbocycles. The van der Waals surface area contributed by atoms with Crippen molar-refractivity contribution in [3.05, 3.63) is 24.0 Å². The number of rotatable bonds is 5. The maximum Gasteiger partial charge on any atom is 0.323 e. The molecule has 6 heteroatoms. The van der Waals surface area contributed by atoms with E-state index >= 15 is 0 Å². The molecule has 0 aliphatic heterocycles. The Morgan fingerprint density at radius 3 is 2.83 bits per heavy atom. The van der Waals surface area contributed by atoms with Gasteiger partial charge in [-0.25, -0.2) is 0 Å². The van der Waals surface area contributed by atoms with Crippen molar-refractivity contribution in [2.24, 2.45) is 7.05 Å². The number of carbonyl (C=O) groups excluding carboxylic acids is 1. The van der Waals surface area contributed by atoms with Crippen molar-refractivity contribution in [3.8, 4) is 0 Å². The number of carboxylic acid groups (broad SMARTS) is 1. The number of carboxylic acids is 1. The highest BCUT2D eigenvalue weighted by Crippen LogP contribution is 2.26. The minimum atomic E-state index is -0.981. The predicted octanol–water partition coefficient (Wildman–Crippen LogP) is 0.509. The van der Waals surface area contributed by atoms with Gasteiger partial charge in [0.15, 0.2) is 0 Å². The SMILES string of the molecule is Cn1cc(/C=C/C(=O)N(CC(=O)O)C2CC2)cn1. The fraction of sp³-hybridized carbons (Fsp3) is 0.417. The van der Waals surface area contributed by atoms with E-state index in [0.717, 1.165) is 18.4 Å². The first-order chi connectivity index (χ1) is 8.56. The lowest BCUT2D eigenvalue weighted by molar-refractivity contribution is -0.143. The van der Waals surface area contributed by atoms with Crippen LogP contribution in [0, 0.1) is 0 Å². The summed E-state index contributed by atoms with van der Waals surface area (Å²) in [6, 6.07) is 0.0900. The van der Waals surface area contributed by atoms with E-state index < -0.39 is 5.97 Å². The number of aromatic nitrogens is 2. The van der Waals surface area contributed by atoms with Gasteiger partial charge in [-0.15, -0.1) is 0 Å². The zero-order valence-corrected chi connectivity index (χ0v) is 10.1. The summed E-state index contributed by atoms with van der Waals surface area (Å²) in [7, 11) is 1.79. The molecule has 1 heterocycles. The number of hydrogen-bond donors (Lipinski definition) is 1. The first kappa shape index (κ1) is 12.3. The lowest BCUT2D eigenvalue weighted by Gasteiger charge is -2.17. The third-order valence-electron chi connectivity index (χ3n) is 2.72. The Kier molecular flexibility index (Phi) is 3.45. The number of hydrogen-bond acceptors (Lipinski definition) is 3. The molecule has 0 aromatic carbocycles. The van der Waals surface area contributed by atoms with Crippen LogP contribution in [0.4, 0.5) is 0 Å². The van der Waals surface area contributed by atoms with Crippen LogP contribution in [0.2, 0.25) is 0 Å². The van der Waals surface area contributed by atoms with E-state index in [4.69, 9.17) is 5.11 Å². The Labute approximate surface area is 105 Å². The molecule has 1 fully saturated rings. The van der Waals surface area contributed by atoms with Crippen LogP contribution in [0.5, 0.6) is 0 Å². The second-order valence-corrected chi connectivity index (χ2v) is 4.37. The molecular formula is C12H15N3O3. The summed E-state index contributed by atoms with van der Waals surface area (Å²) in [6.07, 6.45) is 8.25. The van der Waals surface area contributed by atoms with Crippen molar-refractivity contribution in [3.63, 3.8) is 0 Å². The molecule has 0 saturated heterocycles. The van der Waals surface area contributed by atoms with Crippen molar-refractivity contribution in [1.82, 2.24) is 14.7 Å². The molecule has 1 aliphatic rings. The van der Waals surface area contributed by atoms with Crippen molar-refractivity contribution < 1.29 is 14.7 Å². The fourth-order valence-corrected chi connectivity index (χ4v) is 1.71. The van der Waals surface area contributed by atoms with E-state index in [0.29, 0.717) is 0 Å². The summed E-state index contributed by atoms with van der Waals surface area (Å²) >= 11 is 0. The summed E-state index contributed by atoms with van der Waals surface area (Å²) < 4.78 is 1.64. The van der Waals surface area contributed by atoms with Crippen LogP contribution in [0.1, 0.15) is 18.4 Å². The zero-order chi connectivity index (χ0) is 13.1. The van der Waals surface area contributed by atoms with Gasteiger partial charge in [-0.2, -0.15) is 5.10 Å². The Morgan fingerprint density at radius 1 is 1.61 bits per heavy atom. The van der Waals surface area contributed by atoms with Gasteiger partial charge in [0.2, 0.25) is 5.91 Å². The molecular weight excluding hydrogens is 234 g/mol. The van der Waals surface area contributed by atoms with Gasteiger partial charge < -0.3 is 10.0 Å². The number of amides is 1. The minimum Gasteiger partial charge on any atom is -0.480 e. The average Bonchev–Trinajstić information content (AvgIpc) is 3.06. The molecule has 96 valence electrons. The molecule has 1 aromatic heterocycles. The highest BCUT2D eigenvalue weighted by Gasteiger charge is 2.32. The van der Waals surface area contributed by atoms with Crippen LogP contribution in [0.25, 0.3) is 6.08 Å². The maximum absolute atomic E-state index is 11.9. The molecule has 2 rings (SSSR count). The molecule has 1 amide bonds. The maximum atomic E-state index is 11.9. The normalized spacial score (nSPS) is 14.9. The van der Waals surface area contributed by atoms with E-state index in [9.17, 15) is 9.59 Å². The molecule has 6 nitrogen and oxygen atoms in total. The third kappa shape index (κ3) is 3.19. The van der Waals surface area contributed by atoms with Gasteiger partial charge in [0.1, 0.15) is 6.54 Å². The fourth-order valence-electron chi connectivity index (χ4n) is 1.71. The highest BCUT2D eigenvalue weighted by molar-refractivity contribution is 5.93. The van der Waals surface area contributed by atoms with Crippen LogP contribution in [-0.2, 0) is 16.6 Å². The summed E-state index contributed by atoms with van der Waals surface area (Å²) in [4.78, 5) is 24.0. The van der Waals surface area contributed by atoms with Crippen LogP contribution in [0.15, 0.2) is 18.5 Å². The second-order valence-electron chi connectivity index (χ2n) is 4.37. The van der Waals surface area contributed by atoms with Crippen molar-refractivity contribution in [2.75, 3.05) is 6.54 Å². The molecule has 1 aliphatic carbocycles. The van der Waals surface area contributed by atoms with Gasteiger partial charge in [-0.05, 0) is 18.9 Å². The first-order valence-electron chi connectivity index (χ1n) is 5.75. The summed E-state index contributed by atoms with van der Waals surface area (Å²) in [5, 5.41) is 12.7. The van der Waals surface area contributed by atoms with Gasteiger partial charge in [-0.1, -0.05) is 0 Å². The molecule has 0 bridgehead atoms. The Balaban J connectivity index is 2.00. The van der Waals surface area contributed by atoms with Crippen molar-refractivity contribution >= 4 is 18.0 Å². The van der Waals surface area contributed by atoms with Gasteiger partial charge >= 0.3 is 5.97 Å². The largest absolute Gasteiger partial charge is 0.480 e. The lowest BCUT2D eigenvalue weighted by atomic mass is 10.3. The standard InChI is InChI=1S/C12H15N3O3/c1-14-7-9(6-13-14)2-5-11(16)15(8-12(17)18)10-3-4-10/h2,5-7,10H,3-4,8H2,1H3,(H,17,18)/b5-2+. The number of nitrogens with zero attached hydrogens (tertiary/aromatic N) is 3. The van der Waals surface area contributed by atoms with Crippen molar-refractivity contribution in [2.45, 2.75) is 18.9 Å². The van der Waals surface area contributed by atoms with Gasteiger partial charge in [0, 0.05) is 30.9 Å². The second kappa shape index (κ2) is 5.03. The van der Waals surface area contributed by atoms with Crippen LogP contribution in [-0.4, -0.2) is 44.3 Å². The van der Waals surface area contributed by atoms with Crippen LogP contribution >= 0.6 is 0 Å². The average molecular weight is 249 g/mol. The van der Waals surface area contributed by atoms with Gasteiger partial charge in [-0.3, -0.25) is 14.3 Å². The number of aliphatic carboxylic acids is 1. The molecule has 0 atom stereocenters. The Bertz CT molecular complexity index is 489. The molecule has 1 N–H and O–H groups in total. The molecule has 0 unspecified atom stereocenters. The quantitative estimate of drug-likeness (QED) is 0.771. The topological polar surface area (TPSA) is 75.4 Å². The van der Waals surface area contributed by atoms with Gasteiger partial charge in [0.05, 0.1) is 6.20 Å². The van der Waals surface area contributed by atoms with E-state index in [-0.39, 0.29) is 18.5 Å². The Hall–Kier alpha value is -2.11. The number of aryl methyl sites for hydroxylation is 1. The molecule has 18 heavy (non-hydrogen) atoms. The minimum absolute atomic E-state index is 0.0900. The monoisotopic (exact) mass is 249 g/mol. The van der Waals surface area contributed by atoms with Crippen LogP contribution in [0.3, 0.4) is 0 Å². The predicted molar refractivity (Wildman–Crippen MR) is 64.6 cm³/mol.